The van der Waals surface area contributed by atoms with E-state index in [-0.39, 0.29) is 18.4 Å². The van der Waals surface area contributed by atoms with E-state index in [0.717, 1.165) is 12.0 Å². The average molecular weight is 303 g/mol. The fraction of sp³-hybridized carbons (Fsp3) is 0.400. The van der Waals surface area contributed by atoms with Crippen LogP contribution in [-0.4, -0.2) is 29.2 Å². The Hall–Kier alpha value is -2.41. The van der Waals surface area contributed by atoms with Gasteiger partial charge in [-0.3, -0.25) is 14.3 Å². The highest BCUT2D eigenvalue weighted by atomic mass is 16.5. The lowest BCUT2D eigenvalue weighted by Crippen LogP contribution is -2.29. The Morgan fingerprint density at radius 2 is 2.27 bits per heavy atom. The smallest absolute Gasteiger partial charge is 0.373 e. The second-order valence-electron chi connectivity index (χ2n) is 5.15. The molecule has 22 heavy (non-hydrogen) atoms. The minimum Gasteiger partial charge on any atom is -0.373 e. The van der Waals surface area contributed by atoms with Crippen molar-refractivity contribution in [3.8, 4) is 0 Å². The number of benzene rings is 1. The SMILES string of the molecule is O=C(CC1OCCc2ccccc21)NCCc1noc(=O)[nH]1. The summed E-state index contributed by atoms with van der Waals surface area (Å²) in [6.07, 6.45) is 1.39. The monoisotopic (exact) mass is 303 g/mol. The molecule has 1 aromatic heterocycles. The third-order valence-corrected chi connectivity index (χ3v) is 3.63. The third kappa shape index (κ3) is 3.43. The molecule has 3 rings (SSSR count). The van der Waals surface area contributed by atoms with Crippen molar-refractivity contribution in [2.24, 2.45) is 0 Å². The first-order valence-electron chi connectivity index (χ1n) is 7.23. The van der Waals surface area contributed by atoms with Crippen LogP contribution in [-0.2, 0) is 22.4 Å². The van der Waals surface area contributed by atoms with E-state index in [2.05, 4.69) is 26.0 Å². The molecule has 2 heterocycles. The molecule has 0 radical (unpaired) electrons. The van der Waals surface area contributed by atoms with Crippen LogP contribution in [0.1, 0.15) is 29.5 Å². The molecule has 0 saturated heterocycles. The highest BCUT2D eigenvalue weighted by Crippen LogP contribution is 2.29. The van der Waals surface area contributed by atoms with Crippen molar-refractivity contribution in [1.82, 2.24) is 15.5 Å². The van der Waals surface area contributed by atoms with Crippen molar-refractivity contribution in [1.29, 1.82) is 0 Å². The first kappa shape index (κ1) is 14.5. The second kappa shape index (κ2) is 6.57. The molecule has 7 heteroatoms. The zero-order valence-corrected chi connectivity index (χ0v) is 12.0. The molecule has 0 aliphatic carbocycles. The molecule has 116 valence electrons. The van der Waals surface area contributed by atoms with Crippen LogP contribution in [0.4, 0.5) is 0 Å². The lowest BCUT2D eigenvalue weighted by atomic mass is 9.95. The standard InChI is InChI=1S/C15H17N3O4/c19-14(16-7-5-13-17-15(20)22-18-13)9-12-11-4-2-1-3-10(11)6-8-21-12/h1-4,12H,5-9H2,(H,16,19)(H,17,18,20). The molecular weight excluding hydrogens is 286 g/mol. The summed E-state index contributed by atoms with van der Waals surface area (Å²) in [4.78, 5) is 25.2. The number of aromatic nitrogens is 2. The van der Waals surface area contributed by atoms with Crippen LogP contribution in [0.5, 0.6) is 0 Å². The second-order valence-corrected chi connectivity index (χ2v) is 5.15. The molecule has 1 aromatic carbocycles. The number of ether oxygens (including phenoxy) is 1. The number of fused-ring (bicyclic) bond motifs is 1. The van der Waals surface area contributed by atoms with Crippen LogP contribution in [0.15, 0.2) is 33.6 Å². The first-order chi connectivity index (χ1) is 10.7. The van der Waals surface area contributed by atoms with Crippen molar-refractivity contribution in [3.05, 3.63) is 51.8 Å². The van der Waals surface area contributed by atoms with Crippen molar-refractivity contribution in [2.75, 3.05) is 13.2 Å². The summed E-state index contributed by atoms with van der Waals surface area (Å²) >= 11 is 0. The molecule has 0 spiro atoms. The van der Waals surface area contributed by atoms with Crippen molar-refractivity contribution in [2.45, 2.75) is 25.4 Å². The van der Waals surface area contributed by atoms with Crippen molar-refractivity contribution < 1.29 is 14.1 Å². The Bertz CT molecular complexity index is 707. The van der Waals surface area contributed by atoms with Gasteiger partial charge in [0.2, 0.25) is 5.91 Å². The zero-order chi connectivity index (χ0) is 15.4. The van der Waals surface area contributed by atoms with Gasteiger partial charge in [-0.2, -0.15) is 0 Å². The number of carbonyl (C=O) groups excluding carboxylic acids is 1. The van der Waals surface area contributed by atoms with E-state index in [9.17, 15) is 9.59 Å². The summed E-state index contributed by atoms with van der Waals surface area (Å²) in [5.41, 5.74) is 2.33. The van der Waals surface area contributed by atoms with Gasteiger partial charge in [-0.15, -0.1) is 0 Å². The normalized spacial score (nSPS) is 17.0. The van der Waals surface area contributed by atoms with E-state index >= 15 is 0 Å². The Labute approximate surface area is 126 Å². The van der Waals surface area contributed by atoms with Crippen LogP contribution < -0.4 is 11.1 Å². The van der Waals surface area contributed by atoms with Crippen LogP contribution in [0.3, 0.4) is 0 Å². The van der Waals surface area contributed by atoms with E-state index in [1.807, 2.05) is 18.2 Å². The molecule has 7 nitrogen and oxygen atoms in total. The van der Waals surface area contributed by atoms with E-state index in [4.69, 9.17) is 4.74 Å². The number of amides is 1. The number of carbonyl (C=O) groups is 1. The average Bonchev–Trinajstić information content (AvgIpc) is 2.93. The largest absolute Gasteiger partial charge is 0.438 e. The summed E-state index contributed by atoms with van der Waals surface area (Å²) in [5.74, 6) is -0.259. The zero-order valence-electron chi connectivity index (χ0n) is 12.0. The van der Waals surface area contributed by atoms with Gasteiger partial charge in [0.15, 0.2) is 5.82 Å². The van der Waals surface area contributed by atoms with Gasteiger partial charge < -0.3 is 10.1 Å². The molecular formula is C15H17N3O4. The maximum Gasteiger partial charge on any atom is 0.438 e. The molecule has 0 fully saturated rings. The summed E-state index contributed by atoms with van der Waals surface area (Å²) in [5, 5.41) is 6.33. The van der Waals surface area contributed by atoms with Gasteiger partial charge >= 0.3 is 5.76 Å². The molecule has 1 atom stereocenters. The maximum atomic E-state index is 12.0. The van der Waals surface area contributed by atoms with Crippen LogP contribution in [0.25, 0.3) is 0 Å². The molecule has 0 saturated carbocycles. The van der Waals surface area contributed by atoms with E-state index in [0.29, 0.717) is 25.4 Å². The summed E-state index contributed by atoms with van der Waals surface area (Å²) in [6, 6.07) is 8.04. The highest BCUT2D eigenvalue weighted by Gasteiger charge is 2.22. The molecule has 2 aromatic rings. The highest BCUT2D eigenvalue weighted by molar-refractivity contribution is 5.76. The summed E-state index contributed by atoms with van der Waals surface area (Å²) in [6.45, 7) is 1.02. The molecule has 1 unspecified atom stereocenters. The fourth-order valence-electron chi connectivity index (χ4n) is 2.57. The molecule has 2 N–H and O–H groups in total. The predicted octanol–water partition coefficient (Wildman–Crippen LogP) is 0.726. The Morgan fingerprint density at radius 3 is 3.09 bits per heavy atom. The van der Waals surface area contributed by atoms with E-state index in [1.54, 1.807) is 0 Å². The summed E-state index contributed by atoms with van der Waals surface area (Å²) in [7, 11) is 0. The topological polar surface area (TPSA) is 97.2 Å². The van der Waals surface area contributed by atoms with Gasteiger partial charge in [0.25, 0.3) is 0 Å². The van der Waals surface area contributed by atoms with Gasteiger partial charge in [-0.05, 0) is 17.5 Å². The number of aromatic amines is 1. The van der Waals surface area contributed by atoms with Crippen LogP contribution in [0, 0.1) is 0 Å². The minimum atomic E-state index is -0.589. The number of hydrogen-bond donors (Lipinski definition) is 2. The summed E-state index contributed by atoms with van der Waals surface area (Å²) < 4.78 is 10.1. The van der Waals surface area contributed by atoms with E-state index < -0.39 is 5.76 Å². The first-order valence-corrected chi connectivity index (χ1v) is 7.23. The van der Waals surface area contributed by atoms with Gasteiger partial charge in [0.05, 0.1) is 19.1 Å². The number of rotatable bonds is 5. The molecule has 1 amide bonds. The molecule has 0 bridgehead atoms. The minimum absolute atomic E-state index is 0.0902. The molecule has 1 aliphatic rings. The lowest BCUT2D eigenvalue weighted by molar-refractivity contribution is -0.124. The fourth-order valence-corrected chi connectivity index (χ4v) is 2.57. The Kier molecular flexibility index (Phi) is 4.34. The van der Waals surface area contributed by atoms with Gasteiger partial charge in [-0.25, -0.2) is 4.79 Å². The van der Waals surface area contributed by atoms with Gasteiger partial charge in [0.1, 0.15) is 0 Å². The lowest BCUT2D eigenvalue weighted by Gasteiger charge is -2.25. The van der Waals surface area contributed by atoms with Gasteiger partial charge in [-0.1, -0.05) is 29.4 Å². The third-order valence-electron chi connectivity index (χ3n) is 3.63. The number of nitrogens with zero attached hydrogens (tertiary/aromatic N) is 1. The van der Waals surface area contributed by atoms with E-state index in [1.165, 1.54) is 5.56 Å². The number of nitrogens with one attached hydrogen (secondary N) is 2. The molecule has 1 aliphatic heterocycles. The Balaban J connectivity index is 1.51. The van der Waals surface area contributed by atoms with Crippen molar-refractivity contribution >= 4 is 5.91 Å². The number of H-pyrrole nitrogens is 1. The van der Waals surface area contributed by atoms with Crippen LogP contribution >= 0.6 is 0 Å². The number of hydrogen-bond acceptors (Lipinski definition) is 5. The van der Waals surface area contributed by atoms with Crippen molar-refractivity contribution in [3.63, 3.8) is 0 Å². The quantitative estimate of drug-likeness (QED) is 0.848. The maximum absolute atomic E-state index is 12.0. The predicted molar refractivity (Wildman–Crippen MR) is 77.3 cm³/mol. The Morgan fingerprint density at radius 1 is 1.41 bits per heavy atom. The van der Waals surface area contributed by atoms with Crippen LogP contribution in [0.2, 0.25) is 0 Å². The van der Waals surface area contributed by atoms with Gasteiger partial charge in [0, 0.05) is 13.0 Å².